The maximum atomic E-state index is 11.6. The van der Waals surface area contributed by atoms with Crippen molar-refractivity contribution < 1.29 is 14.8 Å². The minimum absolute atomic E-state index is 0.0681. The minimum atomic E-state index is -0.643. The van der Waals surface area contributed by atoms with Gasteiger partial charge in [-0.1, -0.05) is 4.49 Å². The third-order valence-electron chi connectivity index (χ3n) is 2.03. The number of hydrogen-bond donors (Lipinski definition) is 2. The smallest absolute Gasteiger partial charge is 0.277 e. The average Bonchev–Trinajstić information content (AvgIpc) is 2.85. The Bertz CT molecular complexity index is 599. The van der Waals surface area contributed by atoms with E-state index in [1.54, 1.807) is 0 Å². The molecular formula is C9H6N4O4S. The summed E-state index contributed by atoms with van der Waals surface area (Å²) in [5.74, 6) is -0.936. The van der Waals surface area contributed by atoms with Crippen LogP contribution >= 0.6 is 11.5 Å². The van der Waals surface area contributed by atoms with E-state index in [0.717, 1.165) is 17.6 Å². The Morgan fingerprint density at radius 3 is 2.83 bits per heavy atom. The molecule has 0 fully saturated rings. The maximum Gasteiger partial charge on any atom is 0.277 e. The number of anilines is 1. The number of aromatic nitrogens is 2. The van der Waals surface area contributed by atoms with Crippen LogP contribution in [-0.2, 0) is 0 Å². The Kier molecular flexibility index (Phi) is 3.15. The monoisotopic (exact) mass is 266 g/mol. The first-order valence-electron chi connectivity index (χ1n) is 4.64. The van der Waals surface area contributed by atoms with Gasteiger partial charge in [-0.2, -0.15) is 0 Å². The summed E-state index contributed by atoms with van der Waals surface area (Å²) in [6, 6.07) is 3.37. The third kappa shape index (κ3) is 2.40. The predicted octanol–water partition coefficient (Wildman–Crippen LogP) is 1.40. The number of non-ortho nitro benzene ring substituents is 1. The summed E-state index contributed by atoms with van der Waals surface area (Å²) >= 11 is 1.02. The molecule has 0 bridgehead atoms. The van der Waals surface area contributed by atoms with Gasteiger partial charge in [-0.15, -0.1) is 5.10 Å². The fraction of sp³-hybridized carbons (Fsp3) is 0. The van der Waals surface area contributed by atoms with Crippen LogP contribution in [0.25, 0.3) is 0 Å². The number of nitrogens with zero attached hydrogens (tertiary/aromatic N) is 3. The molecule has 0 spiro atoms. The fourth-order valence-corrected chi connectivity index (χ4v) is 1.63. The van der Waals surface area contributed by atoms with E-state index in [1.165, 1.54) is 17.5 Å². The quantitative estimate of drug-likeness (QED) is 0.492. The van der Waals surface area contributed by atoms with E-state index in [-0.39, 0.29) is 22.8 Å². The molecule has 92 valence electrons. The van der Waals surface area contributed by atoms with Gasteiger partial charge in [-0.3, -0.25) is 14.9 Å². The molecule has 1 aromatic carbocycles. The number of amides is 1. The van der Waals surface area contributed by atoms with Crippen LogP contribution in [0.2, 0.25) is 0 Å². The van der Waals surface area contributed by atoms with E-state index >= 15 is 0 Å². The molecular weight excluding hydrogens is 260 g/mol. The van der Waals surface area contributed by atoms with Gasteiger partial charge in [-0.25, -0.2) is 0 Å². The summed E-state index contributed by atoms with van der Waals surface area (Å²) in [7, 11) is 0. The van der Waals surface area contributed by atoms with E-state index < -0.39 is 10.8 Å². The van der Waals surface area contributed by atoms with Crippen molar-refractivity contribution in [2.75, 3.05) is 5.32 Å². The SMILES string of the molecule is O=C(Nc1ccc([N+](=O)[O-])cc1O)c1csnn1. The van der Waals surface area contributed by atoms with E-state index in [1.807, 2.05) is 0 Å². The predicted molar refractivity (Wildman–Crippen MR) is 62.6 cm³/mol. The molecule has 1 aromatic heterocycles. The molecule has 2 rings (SSSR count). The van der Waals surface area contributed by atoms with Gasteiger partial charge >= 0.3 is 0 Å². The lowest BCUT2D eigenvalue weighted by atomic mass is 10.2. The Hall–Kier alpha value is -2.55. The number of nitrogens with one attached hydrogen (secondary N) is 1. The summed E-state index contributed by atoms with van der Waals surface area (Å²) in [6.07, 6.45) is 0. The number of rotatable bonds is 3. The largest absolute Gasteiger partial charge is 0.506 e. The number of nitro groups is 1. The molecule has 0 radical (unpaired) electrons. The van der Waals surface area contributed by atoms with Crippen molar-refractivity contribution in [2.24, 2.45) is 0 Å². The zero-order valence-electron chi connectivity index (χ0n) is 8.73. The molecule has 0 aliphatic heterocycles. The standard InChI is InChI=1S/C9H6N4O4S/c14-8-3-5(13(16)17)1-2-6(8)10-9(15)7-4-18-12-11-7/h1-4,14H,(H,10,15). The first-order valence-corrected chi connectivity index (χ1v) is 5.47. The zero-order chi connectivity index (χ0) is 13.1. The van der Waals surface area contributed by atoms with Crippen LogP contribution in [0.3, 0.4) is 0 Å². The second kappa shape index (κ2) is 4.75. The second-order valence-corrected chi connectivity index (χ2v) is 3.81. The first kappa shape index (κ1) is 11.9. The number of aromatic hydroxyl groups is 1. The van der Waals surface area contributed by atoms with Gasteiger partial charge in [0.1, 0.15) is 5.75 Å². The van der Waals surface area contributed by atoms with Crippen LogP contribution < -0.4 is 5.32 Å². The Labute approximate surface area is 104 Å². The number of phenols is 1. The van der Waals surface area contributed by atoms with Crippen LogP contribution in [-0.4, -0.2) is 25.5 Å². The van der Waals surface area contributed by atoms with Crippen molar-refractivity contribution in [2.45, 2.75) is 0 Å². The number of nitro benzene ring substituents is 1. The Morgan fingerprint density at radius 1 is 1.50 bits per heavy atom. The lowest BCUT2D eigenvalue weighted by molar-refractivity contribution is -0.384. The molecule has 8 nitrogen and oxygen atoms in total. The molecule has 0 unspecified atom stereocenters. The van der Waals surface area contributed by atoms with Crippen molar-refractivity contribution in [1.29, 1.82) is 0 Å². The highest BCUT2D eigenvalue weighted by Gasteiger charge is 2.14. The summed E-state index contributed by atoms with van der Waals surface area (Å²) in [5, 5.41) is 27.4. The molecule has 18 heavy (non-hydrogen) atoms. The van der Waals surface area contributed by atoms with Crippen molar-refractivity contribution in [1.82, 2.24) is 9.59 Å². The molecule has 0 aliphatic carbocycles. The molecule has 0 atom stereocenters. The normalized spacial score (nSPS) is 10.0. The highest BCUT2D eigenvalue weighted by Crippen LogP contribution is 2.28. The van der Waals surface area contributed by atoms with E-state index in [9.17, 15) is 20.0 Å². The number of hydrogen-bond acceptors (Lipinski definition) is 7. The van der Waals surface area contributed by atoms with Crippen molar-refractivity contribution >= 4 is 28.8 Å². The molecule has 1 heterocycles. The molecule has 0 saturated carbocycles. The highest BCUT2D eigenvalue weighted by molar-refractivity contribution is 7.03. The second-order valence-electron chi connectivity index (χ2n) is 3.20. The van der Waals surface area contributed by atoms with Crippen molar-refractivity contribution in [3.05, 3.63) is 39.4 Å². The van der Waals surface area contributed by atoms with Crippen LogP contribution in [0.15, 0.2) is 23.6 Å². The summed E-state index contributed by atoms with van der Waals surface area (Å²) in [4.78, 5) is 21.4. The Morgan fingerprint density at radius 2 is 2.28 bits per heavy atom. The van der Waals surface area contributed by atoms with Gasteiger partial charge in [0.15, 0.2) is 5.69 Å². The van der Waals surface area contributed by atoms with E-state index in [2.05, 4.69) is 14.9 Å². The molecule has 1 amide bonds. The fourth-order valence-electron chi connectivity index (χ4n) is 1.19. The van der Waals surface area contributed by atoms with Crippen molar-refractivity contribution in [3.8, 4) is 5.75 Å². The van der Waals surface area contributed by atoms with Crippen LogP contribution in [0, 0.1) is 10.1 Å². The van der Waals surface area contributed by atoms with Gasteiger partial charge in [0.2, 0.25) is 0 Å². The number of phenolic OH excluding ortho intramolecular Hbond substituents is 1. The lowest BCUT2D eigenvalue weighted by Gasteiger charge is -2.04. The lowest BCUT2D eigenvalue weighted by Crippen LogP contribution is -2.12. The topological polar surface area (TPSA) is 118 Å². The van der Waals surface area contributed by atoms with Gasteiger partial charge < -0.3 is 10.4 Å². The van der Waals surface area contributed by atoms with Crippen LogP contribution in [0.4, 0.5) is 11.4 Å². The van der Waals surface area contributed by atoms with Gasteiger partial charge in [-0.05, 0) is 17.6 Å². The molecule has 9 heteroatoms. The summed E-state index contributed by atoms with van der Waals surface area (Å²) < 4.78 is 3.52. The summed E-state index contributed by atoms with van der Waals surface area (Å²) in [5.41, 5.74) is -0.0859. The van der Waals surface area contributed by atoms with Gasteiger partial charge in [0.25, 0.3) is 11.6 Å². The number of benzene rings is 1. The van der Waals surface area contributed by atoms with Gasteiger partial charge in [0.05, 0.1) is 16.7 Å². The number of carbonyl (C=O) groups is 1. The third-order valence-corrected chi connectivity index (χ3v) is 2.54. The first-order chi connectivity index (χ1) is 8.58. The maximum absolute atomic E-state index is 11.6. The Balaban J connectivity index is 2.20. The summed E-state index contributed by atoms with van der Waals surface area (Å²) in [6.45, 7) is 0. The van der Waals surface area contributed by atoms with Crippen LogP contribution in [0.1, 0.15) is 10.5 Å². The molecule has 2 aromatic rings. The minimum Gasteiger partial charge on any atom is -0.506 e. The zero-order valence-corrected chi connectivity index (χ0v) is 9.55. The average molecular weight is 266 g/mol. The molecule has 0 aliphatic rings. The molecule has 2 N–H and O–H groups in total. The molecule has 0 saturated heterocycles. The van der Waals surface area contributed by atoms with Gasteiger partial charge in [0, 0.05) is 11.4 Å². The van der Waals surface area contributed by atoms with E-state index in [0.29, 0.717) is 0 Å². The highest BCUT2D eigenvalue weighted by atomic mass is 32.1. The van der Waals surface area contributed by atoms with Crippen molar-refractivity contribution in [3.63, 3.8) is 0 Å². The van der Waals surface area contributed by atoms with Crippen LogP contribution in [0.5, 0.6) is 5.75 Å². The number of carbonyl (C=O) groups excluding carboxylic acids is 1. The van der Waals surface area contributed by atoms with E-state index in [4.69, 9.17) is 0 Å².